The van der Waals surface area contributed by atoms with E-state index in [0.717, 1.165) is 10.4 Å². The Balaban J connectivity index is 2.19. The van der Waals surface area contributed by atoms with Crippen molar-refractivity contribution < 1.29 is 4.74 Å². The lowest BCUT2D eigenvalue weighted by molar-refractivity contribution is -0.0462. The molecule has 118 valence electrons. The summed E-state index contributed by atoms with van der Waals surface area (Å²) < 4.78 is 5.39. The van der Waals surface area contributed by atoms with Crippen LogP contribution in [0, 0.1) is 33.5 Å². The molecule has 1 saturated carbocycles. The van der Waals surface area contributed by atoms with Crippen LogP contribution in [0.4, 0.5) is 0 Å². The molecule has 2 fully saturated rings. The molecule has 23 heavy (non-hydrogen) atoms. The molecule has 1 aromatic rings. The number of hydrogen-bond acceptors (Lipinski definition) is 5. The third-order valence-electron chi connectivity index (χ3n) is 5.35. The van der Waals surface area contributed by atoms with Gasteiger partial charge in [-0.05, 0) is 5.56 Å². The fraction of sp³-hybridized carbons (Fsp3) is 0.500. The molecule has 0 radical (unpaired) electrons. The van der Waals surface area contributed by atoms with Gasteiger partial charge in [0.25, 0.3) is 5.60 Å². The maximum atomic E-state index is 9.88. The average Bonchev–Trinajstić information content (AvgIpc) is 2.93. The van der Waals surface area contributed by atoms with Crippen molar-refractivity contribution in [2.24, 2.45) is 10.8 Å². The van der Waals surface area contributed by atoms with Crippen LogP contribution in [-0.4, -0.2) is 15.2 Å². The van der Waals surface area contributed by atoms with E-state index in [-0.39, 0.29) is 5.44 Å². The molecule has 1 heterocycles. The Morgan fingerprint density at radius 2 is 1.57 bits per heavy atom. The molecule has 0 aromatic heterocycles. The summed E-state index contributed by atoms with van der Waals surface area (Å²) in [5.41, 5.74) is -1.78. The van der Waals surface area contributed by atoms with E-state index in [1.54, 1.807) is 11.8 Å². The molecule has 0 bridgehead atoms. The highest BCUT2D eigenvalue weighted by Gasteiger charge is 2.82. The summed E-state index contributed by atoms with van der Waals surface area (Å²) in [4.78, 5) is 0.893. The van der Waals surface area contributed by atoms with Crippen LogP contribution in [0.25, 0.3) is 0 Å². The molecule has 3 rings (SSSR count). The zero-order valence-corrected chi connectivity index (χ0v) is 15.2. The topological polar surface area (TPSA) is 56.8 Å². The van der Waals surface area contributed by atoms with Crippen LogP contribution in [0.2, 0.25) is 0 Å². The van der Waals surface area contributed by atoms with Gasteiger partial charge in [-0.2, -0.15) is 10.5 Å². The molecule has 1 saturated heterocycles. The molecule has 1 aromatic carbocycles. The maximum absolute atomic E-state index is 9.88. The Kier molecular flexibility index (Phi) is 3.44. The van der Waals surface area contributed by atoms with Crippen molar-refractivity contribution in [1.82, 2.24) is 0 Å². The second-order valence-electron chi connectivity index (χ2n) is 7.14. The van der Waals surface area contributed by atoms with Crippen LogP contribution in [0.3, 0.4) is 0 Å². The number of rotatable bonds is 1. The summed E-state index contributed by atoms with van der Waals surface area (Å²) in [6.45, 7) is 8.09. The first-order valence-electron chi connectivity index (χ1n) is 7.48. The summed E-state index contributed by atoms with van der Waals surface area (Å²) in [5, 5.41) is 19.8. The number of thioether (sulfide) groups is 1. The molecular formula is C18H18N2OS2. The van der Waals surface area contributed by atoms with Crippen LogP contribution in [-0.2, 0) is 4.74 Å². The van der Waals surface area contributed by atoms with Crippen LogP contribution in [0.15, 0.2) is 30.3 Å². The second kappa shape index (κ2) is 4.80. The van der Waals surface area contributed by atoms with Gasteiger partial charge in [0.15, 0.2) is 0 Å². The molecule has 5 heteroatoms. The van der Waals surface area contributed by atoms with Gasteiger partial charge in [-0.25, -0.2) is 0 Å². The normalized spacial score (nSPS) is 28.6. The van der Waals surface area contributed by atoms with E-state index in [0.29, 0.717) is 0 Å². The molecule has 0 unspecified atom stereocenters. The van der Waals surface area contributed by atoms with Gasteiger partial charge in [0.05, 0.1) is 4.75 Å². The van der Waals surface area contributed by atoms with E-state index in [9.17, 15) is 10.5 Å². The molecule has 1 spiro atoms. The lowest BCUT2D eigenvalue weighted by Gasteiger charge is -2.67. The molecule has 0 N–H and O–H groups in total. The quantitative estimate of drug-likeness (QED) is 0.708. The molecule has 2 aliphatic rings. The first-order chi connectivity index (χ1) is 10.7. The highest BCUT2D eigenvalue weighted by atomic mass is 32.2. The summed E-state index contributed by atoms with van der Waals surface area (Å²) in [6, 6.07) is 14.1. The summed E-state index contributed by atoms with van der Waals surface area (Å²) >= 11 is 7.20. The minimum Gasteiger partial charge on any atom is -0.328 e. The number of ether oxygens (including phenoxy) is 1. The molecule has 0 amide bonds. The van der Waals surface area contributed by atoms with Gasteiger partial charge in [0, 0.05) is 15.7 Å². The Labute approximate surface area is 146 Å². The summed E-state index contributed by atoms with van der Waals surface area (Å²) in [5.74, 6) is 0. The predicted molar refractivity (Wildman–Crippen MR) is 94.7 cm³/mol. The third-order valence-corrected chi connectivity index (χ3v) is 8.61. The van der Waals surface area contributed by atoms with Gasteiger partial charge in [0.2, 0.25) is 0 Å². The number of benzene rings is 1. The number of thiocarbonyl (C=S) groups is 1. The van der Waals surface area contributed by atoms with Crippen molar-refractivity contribution in [3.63, 3.8) is 0 Å². The standard InChI is InChI=1S/C18H18N2OS2/c1-15(2)14(22)16(3,4)18(15)17(10-19,11-20)21-13(23-18)12-8-6-5-7-9-12/h5-9,13H,1-4H3/t13-/m1/s1. The lowest BCUT2D eigenvalue weighted by Crippen LogP contribution is -2.78. The van der Waals surface area contributed by atoms with Crippen molar-refractivity contribution in [2.45, 2.75) is 43.5 Å². The molecule has 1 atom stereocenters. The van der Waals surface area contributed by atoms with E-state index in [4.69, 9.17) is 17.0 Å². The Morgan fingerprint density at radius 3 is 2.04 bits per heavy atom. The fourth-order valence-corrected chi connectivity index (χ4v) is 6.83. The first kappa shape index (κ1) is 16.5. The fourth-order valence-electron chi connectivity index (χ4n) is 4.49. The summed E-state index contributed by atoms with van der Waals surface area (Å²) in [7, 11) is 0. The van der Waals surface area contributed by atoms with E-state index in [2.05, 4.69) is 12.1 Å². The van der Waals surface area contributed by atoms with E-state index < -0.39 is 21.2 Å². The average molecular weight is 342 g/mol. The van der Waals surface area contributed by atoms with Gasteiger partial charge in [0.1, 0.15) is 17.6 Å². The summed E-state index contributed by atoms with van der Waals surface area (Å²) in [6.07, 6.45) is 0. The van der Waals surface area contributed by atoms with E-state index in [1.807, 2.05) is 58.0 Å². The molecular weight excluding hydrogens is 324 g/mol. The number of nitriles is 2. The highest BCUT2D eigenvalue weighted by molar-refractivity contribution is 8.01. The first-order valence-corrected chi connectivity index (χ1v) is 8.77. The van der Waals surface area contributed by atoms with Crippen molar-refractivity contribution in [2.75, 3.05) is 0 Å². The monoisotopic (exact) mass is 342 g/mol. The van der Waals surface area contributed by atoms with Crippen molar-refractivity contribution in [3.05, 3.63) is 35.9 Å². The van der Waals surface area contributed by atoms with Gasteiger partial charge in [-0.15, -0.1) is 11.8 Å². The maximum Gasteiger partial charge on any atom is 0.259 e. The lowest BCUT2D eigenvalue weighted by atomic mass is 9.43. The smallest absolute Gasteiger partial charge is 0.259 e. The van der Waals surface area contributed by atoms with Gasteiger partial charge in [-0.1, -0.05) is 70.2 Å². The van der Waals surface area contributed by atoms with Crippen LogP contribution < -0.4 is 0 Å². The second-order valence-corrected chi connectivity index (χ2v) is 8.83. The Bertz CT molecular complexity index is 723. The minimum absolute atomic E-state index is 0.350. The van der Waals surface area contributed by atoms with Gasteiger partial charge < -0.3 is 4.74 Å². The van der Waals surface area contributed by atoms with Crippen LogP contribution in [0.5, 0.6) is 0 Å². The van der Waals surface area contributed by atoms with E-state index in [1.165, 1.54) is 0 Å². The van der Waals surface area contributed by atoms with E-state index >= 15 is 0 Å². The van der Waals surface area contributed by atoms with Crippen LogP contribution >= 0.6 is 24.0 Å². The van der Waals surface area contributed by atoms with Crippen LogP contribution in [0.1, 0.15) is 38.7 Å². The number of nitrogens with zero attached hydrogens (tertiary/aromatic N) is 2. The SMILES string of the molecule is CC1(C)C(=S)C(C)(C)C12S[C@H](c1ccccc1)OC2(C#N)C#N. The van der Waals surface area contributed by atoms with Crippen molar-refractivity contribution >= 4 is 28.8 Å². The molecule has 1 aliphatic heterocycles. The third kappa shape index (κ3) is 1.66. The van der Waals surface area contributed by atoms with Crippen molar-refractivity contribution in [3.8, 4) is 12.1 Å². The Morgan fingerprint density at radius 1 is 1.04 bits per heavy atom. The zero-order valence-electron chi connectivity index (χ0n) is 13.6. The zero-order chi connectivity index (χ0) is 17.1. The molecule has 3 nitrogen and oxygen atoms in total. The number of hydrogen-bond donors (Lipinski definition) is 0. The predicted octanol–water partition coefficient (Wildman–Crippen LogP) is 4.41. The Hall–Kier alpha value is -1.40. The highest BCUT2D eigenvalue weighted by Crippen LogP contribution is 2.76. The molecule has 1 aliphatic carbocycles. The van der Waals surface area contributed by atoms with Gasteiger partial charge >= 0.3 is 0 Å². The van der Waals surface area contributed by atoms with Gasteiger partial charge in [-0.3, -0.25) is 0 Å². The minimum atomic E-state index is -1.52. The largest absolute Gasteiger partial charge is 0.328 e. The van der Waals surface area contributed by atoms with Crippen molar-refractivity contribution in [1.29, 1.82) is 10.5 Å².